The standard InChI is InChI=1S/C13H21NO5/c1-5-18-11(16)8-6-9(10(15)7-8)14-12(17)19-13(2,3)4/h7,9-10,15H,5-6H2,1-4H3,(H,14,17)/t9-,10-/m1/s1. The third kappa shape index (κ3) is 4.90. The summed E-state index contributed by atoms with van der Waals surface area (Å²) >= 11 is 0. The highest BCUT2D eigenvalue weighted by Crippen LogP contribution is 2.21. The first-order valence-corrected chi connectivity index (χ1v) is 6.28. The Morgan fingerprint density at radius 3 is 2.63 bits per heavy atom. The Kier molecular flexibility index (Phi) is 4.94. The summed E-state index contributed by atoms with van der Waals surface area (Å²) in [7, 11) is 0. The van der Waals surface area contributed by atoms with Crippen LogP contribution in [0.1, 0.15) is 34.1 Å². The molecule has 0 saturated carbocycles. The van der Waals surface area contributed by atoms with Crippen LogP contribution in [0.5, 0.6) is 0 Å². The molecule has 0 aliphatic heterocycles. The van der Waals surface area contributed by atoms with Gasteiger partial charge in [-0.2, -0.15) is 0 Å². The van der Waals surface area contributed by atoms with Crippen LogP contribution < -0.4 is 5.32 Å². The zero-order valence-electron chi connectivity index (χ0n) is 11.7. The molecule has 0 aromatic rings. The minimum Gasteiger partial charge on any atom is -0.463 e. The van der Waals surface area contributed by atoms with Gasteiger partial charge in [0.1, 0.15) is 5.60 Å². The van der Waals surface area contributed by atoms with Gasteiger partial charge in [-0.25, -0.2) is 9.59 Å². The van der Waals surface area contributed by atoms with Crippen molar-refractivity contribution in [2.24, 2.45) is 0 Å². The Hall–Kier alpha value is -1.56. The van der Waals surface area contributed by atoms with E-state index in [-0.39, 0.29) is 13.0 Å². The predicted molar refractivity (Wildman–Crippen MR) is 68.5 cm³/mol. The third-order valence-electron chi connectivity index (χ3n) is 2.46. The average Bonchev–Trinajstić information content (AvgIpc) is 2.58. The van der Waals surface area contributed by atoms with Crippen LogP contribution in [0.15, 0.2) is 11.6 Å². The summed E-state index contributed by atoms with van der Waals surface area (Å²) < 4.78 is 9.94. The number of nitrogens with one attached hydrogen (secondary N) is 1. The quantitative estimate of drug-likeness (QED) is 0.752. The molecule has 6 nitrogen and oxygen atoms in total. The molecule has 0 aromatic carbocycles. The molecule has 2 atom stereocenters. The van der Waals surface area contributed by atoms with E-state index in [1.54, 1.807) is 27.7 Å². The number of aliphatic hydroxyl groups excluding tert-OH is 1. The van der Waals surface area contributed by atoms with Crippen molar-refractivity contribution >= 4 is 12.1 Å². The van der Waals surface area contributed by atoms with E-state index >= 15 is 0 Å². The molecule has 6 heteroatoms. The molecule has 0 bridgehead atoms. The summed E-state index contributed by atoms with van der Waals surface area (Å²) in [4.78, 5) is 23.1. The number of rotatable bonds is 3. The summed E-state index contributed by atoms with van der Waals surface area (Å²) in [6.07, 6.45) is 0.112. The largest absolute Gasteiger partial charge is 0.463 e. The molecule has 19 heavy (non-hydrogen) atoms. The molecule has 1 amide bonds. The minimum absolute atomic E-state index is 0.235. The van der Waals surface area contributed by atoms with Crippen molar-refractivity contribution in [3.05, 3.63) is 11.6 Å². The smallest absolute Gasteiger partial charge is 0.407 e. The maximum atomic E-state index is 11.6. The molecule has 2 N–H and O–H groups in total. The second kappa shape index (κ2) is 6.06. The summed E-state index contributed by atoms with van der Waals surface area (Å²) in [6.45, 7) is 7.23. The first kappa shape index (κ1) is 15.5. The van der Waals surface area contributed by atoms with Gasteiger partial charge >= 0.3 is 12.1 Å². The van der Waals surface area contributed by atoms with Crippen LogP contribution in [0.4, 0.5) is 4.79 Å². The number of hydrogen-bond acceptors (Lipinski definition) is 5. The van der Waals surface area contributed by atoms with E-state index in [1.165, 1.54) is 6.08 Å². The molecule has 0 aromatic heterocycles. The van der Waals surface area contributed by atoms with Gasteiger partial charge < -0.3 is 19.9 Å². The van der Waals surface area contributed by atoms with E-state index in [9.17, 15) is 14.7 Å². The van der Waals surface area contributed by atoms with Crippen LogP contribution in [-0.4, -0.2) is 41.5 Å². The number of amides is 1. The lowest BCUT2D eigenvalue weighted by atomic mass is 10.1. The maximum absolute atomic E-state index is 11.6. The van der Waals surface area contributed by atoms with Crippen molar-refractivity contribution < 1.29 is 24.2 Å². The molecule has 1 rings (SSSR count). The monoisotopic (exact) mass is 271 g/mol. The molecule has 0 radical (unpaired) electrons. The van der Waals surface area contributed by atoms with Crippen LogP contribution in [0.2, 0.25) is 0 Å². The SMILES string of the molecule is CCOC(=O)C1=C[C@@H](O)[C@H](NC(=O)OC(C)(C)C)C1. The Balaban J connectivity index is 2.51. The maximum Gasteiger partial charge on any atom is 0.407 e. The second-order valence-corrected chi connectivity index (χ2v) is 5.36. The molecule has 0 saturated heterocycles. The molecule has 108 valence electrons. The molecule has 0 spiro atoms. The van der Waals surface area contributed by atoms with Gasteiger partial charge in [-0.1, -0.05) is 0 Å². The Morgan fingerprint density at radius 2 is 2.11 bits per heavy atom. The Labute approximate surface area is 112 Å². The molecular weight excluding hydrogens is 250 g/mol. The highest BCUT2D eigenvalue weighted by molar-refractivity contribution is 5.89. The first-order chi connectivity index (χ1) is 8.73. The highest BCUT2D eigenvalue weighted by atomic mass is 16.6. The highest BCUT2D eigenvalue weighted by Gasteiger charge is 2.32. The van der Waals surface area contributed by atoms with Gasteiger partial charge in [0.25, 0.3) is 0 Å². The molecule has 0 fully saturated rings. The number of carbonyl (C=O) groups excluding carboxylic acids is 2. The van der Waals surface area contributed by atoms with Crippen LogP contribution in [-0.2, 0) is 14.3 Å². The van der Waals surface area contributed by atoms with Crippen molar-refractivity contribution in [2.45, 2.75) is 51.9 Å². The van der Waals surface area contributed by atoms with Gasteiger partial charge in [-0.3, -0.25) is 0 Å². The fourth-order valence-electron chi connectivity index (χ4n) is 1.72. The third-order valence-corrected chi connectivity index (χ3v) is 2.46. The Morgan fingerprint density at radius 1 is 1.47 bits per heavy atom. The van der Waals surface area contributed by atoms with Crippen LogP contribution in [0.3, 0.4) is 0 Å². The van der Waals surface area contributed by atoms with E-state index in [0.29, 0.717) is 5.57 Å². The van der Waals surface area contributed by atoms with Crippen LogP contribution >= 0.6 is 0 Å². The topological polar surface area (TPSA) is 84.9 Å². The van der Waals surface area contributed by atoms with Crippen molar-refractivity contribution in [3.63, 3.8) is 0 Å². The van der Waals surface area contributed by atoms with E-state index in [2.05, 4.69) is 5.32 Å². The fourth-order valence-corrected chi connectivity index (χ4v) is 1.72. The molecule has 1 aliphatic rings. The van der Waals surface area contributed by atoms with Crippen LogP contribution in [0, 0.1) is 0 Å². The summed E-state index contributed by atoms with van der Waals surface area (Å²) in [5, 5.41) is 12.3. The normalized spacial score (nSPS) is 22.7. The van der Waals surface area contributed by atoms with Gasteiger partial charge in [0.2, 0.25) is 0 Å². The summed E-state index contributed by atoms with van der Waals surface area (Å²) in [5.41, 5.74) is -0.235. The lowest BCUT2D eigenvalue weighted by Crippen LogP contribution is -2.43. The number of ether oxygens (including phenoxy) is 2. The van der Waals surface area contributed by atoms with E-state index in [0.717, 1.165) is 0 Å². The zero-order valence-corrected chi connectivity index (χ0v) is 11.7. The minimum atomic E-state index is -0.910. The number of hydrogen-bond donors (Lipinski definition) is 2. The molecule has 0 heterocycles. The average molecular weight is 271 g/mol. The van der Waals surface area contributed by atoms with Crippen molar-refractivity contribution in [1.82, 2.24) is 5.32 Å². The van der Waals surface area contributed by atoms with Crippen LogP contribution in [0.25, 0.3) is 0 Å². The van der Waals surface area contributed by atoms with E-state index < -0.39 is 29.8 Å². The molecule has 0 unspecified atom stereocenters. The zero-order chi connectivity index (χ0) is 14.6. The van der Waals surface area contributed by atoms with Crippen molar-refractivity contribution in [1.29, 1.82) is 0 Å². The summed E-state index contributed by atoms with van der Waals surface area (Å²) in [5.74, 6) is -0.463. The molecule has 1 aliphatic carbocycles. The van der Waals surface area contributed by atoms with E-state index in [4.69, 9.17) is 9.47 Å². The number of carbonyl (C=O) groups is 2. The van der Waals surface area contributed by atoms with Gasteiger partial charge in [-0.15, -0.1) is 0 Å². The fraction of sp³-hybridized carbons (Fsp3) is 0.692. The van der Waals surface area contributed by atoms with Gasteiger partial charge in [0, 0.05) is 12.0 Å². The molecular formula is C13H21NO5. The summed E-state index contributed by atoms with van der Waals surface area (Å²) in [6, 6.07) is -0.561. The number of esters is 1. The number of alkyl carbamates (subject to hydrolysis) is 1. The van der Waals surface area contributed by atoms with Gasteiger partial charge in [-0.05, 0) is 33.8 Å². The Bertz CT molecular complexity index is 383. The number of aliphatic hydroxyl groups is 1. The van der Waals surface area contributed by atoms with Gasteiger partial charge in [0.05, 0.1) is 18.8 Å². The van der Waals surface area contributed by atoms with E-state index in [1.807, 2.05) is 0 Å². The second-order valence-electron chi connectivity index (χ2n) is 5.36. The predicted octanol–water partition coefficient (Wildman–Crippen LogP) is 1.13. The van der Waals surface area contributed by atoms with Gasteiger partial charge in [0.15, 0.2) is 0 Å². The lowest BCUT2D eigenvalue weighted by molar-refractivity contribution is -0.138. The lowest BCUT2D eigenvalue weighted by Gasteiger charge is -2.23. The first-order valence-electron chi connectivity index (χ1n) is 6.28. The van der Waals surface area contributed by atoms with Crippen molar-refractivity contribution in [2.75, 3.05) is 6.61 Å². The van der Waals surface area contributed by atoms with Crippen molar-refractivity contribution in [3.8, 4) is 0 Å².